The van der Waals surface area contributed by atoms with Gasteiger partial charge in [0, 0.05) is 37.9 Å². The van der Waals surface area contributed by atoms with Crippen molar-refractivity contribution in [1.82, 2.24) is 15.2 Å². The third-order valence-electron chi connectivity index (χ3n) is 4.85. The van der Waals surface area contributed by atoms with Crippen LogP contribution in [0, 0.1) is 13.8 Å². The van der Waals surface area contributed by atoms with E-state index in [0.29, 0.717) is 0 Å². The van der Waals surface area contributed by atoms with Gasteiger partial charge in [-0.1, -0.05) is 18.2 Å². The Labute approximate surface area is 197 Å². The van der Waals surface area contributed by atoms with E-state index in [1.165, 1.54) is 5.56 Å². The Kier molecular flexibility index (Phi) is 12.2. The molecule has 0 aliphatic rings. The van der Waals surface area contributed by atoms with Gasteiger partial charge in [0.1, 0.15) is 5.75 Å². The van der Waals surface area contributed by atoms with Gasteiger partial charge in [-0.3, -0.25) is 9.79 Å². The maximum atomic E-state index is 11.9. The number of halogens is 1. The van der Waals surface area contributed by atoms with E-state index in [1.54, 1.807) is 19.2 Å². The number of rotatable bonds is 10. The zero-order valence-electron chi connectivity index (χ0n) is 18.5. The van der Waals surface area contributed by atoms with Crippen LogP contribution in [0.3, 0.4) is 0 Å². The molecule has 2 N–H and O–H groups in total. The lowest BCUT2D eigenvalue weighted by Gasteiger charge is -2.12. The third kappa shape index (κ3) is 8.38. The fraction of sp³-hybridized carbons (Fsp3) is 0.478. The Bertz CT molecular complexity index is 865. The third-order valence-corrected chi connectivity index (χ3v) is 4.85. The molecule has 0 aliphatic heterocycles. The first-order valence-electron chi connectivity index (χ1n) is 10.4. The Balaban J connectivity index is 0.00000450. The van der Waals surface area contributed by atoms with Crippen LogP contribution in [0.25, 0.3) is 0 Å². The summed E-state index contributed by atoms with van der Waals surface area (Å²) >= 11 is 0. The monoisotopic (exact) mass is 526 g/mol. The molecule has 0 saturated carbocycles. The minimum absolute atomic E-state index is 0. The summed E-state index contributed by atoms with van der Waals surface area (Å²) in [6.45, 7) is 9.17. The van der Waals surface area contributed by atoms with Gasteiger partial charge >= 0.3 is 0 Å². The van der Waals surface area contributed by atoms with Crippen LogP contribution in [0.5, 0.6) is 5.75 Å². The molecule has 6 nitrogen and oxygen atoms in total. The minimum atomic E-state index is 0. The molecule has 166 valence electrons. The summed E-state index contributed by atoms with van der Waals surface area (Å²) in [6, 6.07) is 11.7. The van der Waals surface area contributed by atoms with Crippen molar-refractivity contribution in [2.24, 2.45) is 4.99 Å². The lowest BCUT2D eigenvalue weighted by atomic mass is 10.1. The number of guanidine groups is 1. The highest BCUT2D eigenvalue weighted by Crippen LogP contribution is 2.18. The van der Waals surface area contributed by atoms with Crippen molar-refractivity contribution in [3.63, 3.8) is 0 Å². The fourth-order valence-electron chi connectivity index (χ4n) is 3.17. The number of pyridine rings is 1. The molecule has 1 aromatic heterocycles. The lowest BCUT2D eigenvalue weighted by molar-refractivity contribution is 0.411. The molecule has 0 radical (unpaired) electrons. The molecule has 0 fully saturated rings. The van der Waals surface area contributed by atoms with Crippen molar-refractivity contribution in [3.8, 4) is 5.75 Å². The topological polar surface area (TPSA) is 67.7 Å². The molecule has 0 bridgehead atoms. The number of hydrogen-bond acceptors (Lipinski definition) is 3. The molecule has 0 saturated heterocycles. The number of aromatic nitrogens is 1. The first-order valence-corrected chi connectivity index (χ1v) is 10.4. The molecule has 1 heterocycles. The summed E-state index contributed by atoms with van der Waals surface area (Å²) in [7, 11) is 1.70. The van der Waals surface area contributed by atoms with E-state index in [0.717, 1.165) is 68.4 Å². The van der Waals surface area contributed by atoms with Crippen molar-refractivity contribution in [3.05, 3.63) is 63.6 Å². The van der Waals surface area contributed by atoms with E-state index in [1.807, 2.05) is 24.5 Å². The van der Waals surface area contributed by atoms with Crippen LogP contribution in [0.15, 0.2) is 46.2 Å². The van der Waals surface area contributed by atoms with Crippen LogP contribution in [0.1, 0.15) is 36.6 Å². The van der Waals surface area contributed by atoms with E-state index < -0.39 is 0 Å². The summed E-state index contributed by atoms with van der Waals surface area (Å²) in [6.07, 6.45) is 2.76. The summed E-state index contributed by atoms with van der Waals surface area (Å²) in [5, 5.41) is 6.68. The number of nitrogens with one attached hydrogen (secondary N) is 2. The molecule has 30 heavy (non-hydrogen) atoms. The summed E-state index contributed by atoms with van der Waals surface area (Å²) in [5.74, 6) is 1.76. The first-order chi connectivity index (χ1) is 14.0. The molecular weight excluding hydrogens is 491 g/mol. The second kappa shape index (κ2) is 14.1. The number of ether oxygens (including phenoxy) is 1. The SMILES string of the molecule is CCNC(=NCCCCn1c(C)cccc1=O)NCCc1ccc(C)c(OC)c1.I. The quantitative estimate of drug-likeness (QED) is 0.215. The molecule has 0 unspecified atom stereocenters. The van der Waals surface area contributed by atoms with E-state index >= 15 is 0 Å². The van der Waals surface area contributed by atoms with Crippen molar-refractivity contribution >= 4 is 29.9 Å². The van der Waals surface area contributed by atoms with Crippen LogP contribution in [0.4, 0.5) is 0 Å². The molecule has 0 spiro atoms. The zero-order valence-corrected chi connectivity index (χ0v) is 20.9. The van der Waals surface area contributed by atoms with Gasteiger partial charge in [-0.05, 0) is 63.3 Å². The maximum absolute atomic E-state index is 11.9. The van der Waals surface area contributed by atoms with Crippen molar-refractivity contribution in [2.75, 3.05) is 26.7 Å². The van der Waals surface area contributed by atoms with Gasteiger partial charge in [0.05, 0.1) is 7.11 Å². The molecular formula is C23H35IN4O2. The van der Waals surface area contributed by atoms with E-state index in [-0.39, 0.29) is 29.5 Å². The molecule has 2 aromatic rings. The second-order valence-corrected chi connectivity index (χ2v) is 7.11. The Morgan fingerprint density at radius 2 is 1.93 bits per heavy atom. The van der Waals surface area contributed by atoms with Gasteiger partial charge in [0.2, 0.25) is 0 Å². The van der Waals surface area contributed by atoms with Gasteiger partial charge in [0.25, 0.3) is 5.56 Å². The largest absolute Gasteiger partial charge is 0.496 e. The predicted molar refractivity (Wildman–Crippen MR) is 136 cm³/mol. The predicted octanol–water partition coefficient (Wildman–Crippen LogP) is 3.67. The number of nitrogens with zero attached hydrogens (tertiary/aromatic N) is 2. The fourth-order valence-corrected chi connectivity index (χ4v) is 3.17. The standard InChI is InChI=1S/C23H34N4O2.HI/c1-5-24-23(26-15-13-20-12-11-18(2)21(17-20)29-4)25-14-6-7-16-27-19(3)9-8-10-22(27)28;/h8-12,17H,5-7,13-16H2,1-4H3,(H2,24,25,26);1H. The highest BCUT2D eigenvalue weighted by molar-refractivity contribution is 14.0. The highest BCUT2D eigenvalue weighted by Gasteiger charge is 2.02. The molecule has 0 atom stereocenters. The summed E-state index contributed by atoms with van der Waals surface area (Å²) in [5.41, 5.74) is 3.45. The van der Waals surface area contributed by atoms with Gasteiger partial charge in [-0.2, -0.15) is 0 Å². The average Bonchev–Trinajstić information content (AvgIpc) is 2.70. The van der Waals surface area contributed by atoms with E-state index in [2.05, 4.69) is 40.7 Å². The van der Waals surface area contributed by atoms with E-state index in [9.17, 15) is 4.79 Å². The number of hydrogen-bond donors (Lipinski definition) is 2. The van der Waals surface area contributed by atoms with Gasteiger partial charge < -0.3 is 19.9 Å². The Hall–Kier alpha value is -2.03. The molecule has 1 aromatic carbocycles. The summed E-state index contributed by atoms with van der Waals surface area (Å²) < 4.78 is 7.22. The Morgan fingerprint density at radius 1 is 1.13 bits per heavy atom. The molecule has 0 aliphatic carbocycles. The lowest BCUT2D eigenvalue weighted by Crippen LogP contribution is -2.38. The number of unbranched alkanes of at least 4 members (excludes halogenated alkanes) is 1. The van der Waals surface area contributed by atoms with Crippen LogP contribution in [-0.4, -0.2) is 37.3 Å². The normalized spacial score (nSPS) is 11.0. The van der Waals surface area contributed by atoms with Crippen LogP contribution in [0.2, 0.25) is 0 Å². The zero-order chi connectivity index (χ0) is 21.1. The molecule has 0 amide bonds. The number of methoxy groups -OCH3 is 1. The highest BCUT2D eigenvalue weighted by atomic mass is 127. The maximum Gasteiger partial charge on any atom is 0.250 e. The average molecular weight is 526 g/mol. The van der Waals surface area contributed by atoms with Crippen molar-refractivity contribution in [2.45, 2.75) is 46.6 Å². The second-order valence-electron chi connectivity index (χ2n) is 7.11. The molecule has 2 rings (SSSR count). The number of benzene rings is 1. The van der Waals surface area contributed by atoms with E-state index in [4.69, 9.17) is 4.74 Å². The number of aryl methyl sites for hydroxylation is 2. The number of aliphatic imine (C=N–C) groups is 1. The van der Waals surface area contributed by atoms with Crippen molar-refractivity contribution in [1.29, 1.82) is 0 Å². The summed E-state index contributed by atoms with van der Waals surface area (Å²) in [4.78, 5) is 16.5. The van der Waals surface area contributed by atoms with Crippen LogP contribution < -0.4 is 20.9 Å². The van der Waals surface area contributed by atoms with Gasteiger partial charge in [0.15, 0.2) is 5.96 Å². The Morgan fingerprint density at radius 3 is 2.63 bits per heavy atom. The van der Waals surface area contributed by atoms with Gasteiger partial charge in [-0.15, -0.1) is 24.0 Å². The first kappa shape index (κ1) is 26.0. The molecule has 7 heteroatoms. The van der Waals surface area contributed by atoms with Crippen LogP contribution in [-0.2, 0) is 13.0 Å². The van der Waals surface area contributed by atoms with Crippen LogP contribution >= 0.6 is 24.0 Å². The smallest absolute Gasteiger partial charge is 0.250 e. The van der Waals surface area contributed by atoms with Crippen molar-refractivity contribution < 1.29 is 4.74 Å². The van der Waals surface area contributed by atoms with Gasteiger partial charge in [-0.25, -0.2) is 0 Å². The minimum Gasteiger partial charge on any atom is -0.496 e.